The smallest absolute Gasteiger partial charge is 0.349 e. The Balaban J connectivity index is 2.01. The minimum absolute atomic E-state index is 0.0462. The largest absolute Gasteiger partial charge is 0.367 e. The molecule has 1 aliphatic rings. The minimum atomic E-state index is -0.301. The van der Waals surface area contributed by atoms with E-state index in [0.717, 1.165) is 5.82 Å². The molecule has 3 rings (SSSR count). The summed E-state index contributed by atoms with van der Waals surface area (Å²) in [5.41, 5.74) is -0.0122. The van der Waals surface area contributed by atoms with E-state index in [1.807, 2.05) is 13.8 Å². The number of ether oxygens (including phenoxy) is 1. The molecule has 1 fully saturated rings. The Morgan fingerprint density at radius 2 is 2.33 bits per heavy atom. The first-order valence-electron chi connectivity index (χ1n) is 6.83. The van der Waals surface area contributed by atoms with Gasteiger partial charge in [0, 0.05) is 19.2 Å². The van der Waals surface area contributed by atoms with Crippen molar-refractivity contribution in [2.45, 2.75) is 32.5 Å². The SMILES string of the molecule is Cc1nc(N2CC(CCl)OC(C)(C)C2)cc2n[nH]c(=O)n12. The molecule has 3 heterocycles. The van der Waals surface area contributed by atoms with E-state index in [9.17, 15) is 4.79 Å². The van der Waals surface area contributed by atoms with E-state index in [4.69, 9.17) is 16.3 Å². The normalized spacial score (nSPS) is 21.9. The summed E-state index contributed by atoms with van der Waals surface area (Å²) in [6.07, 6.45) is -0.0462. The molecule has 21 heavy (non-hydrogen) atoms. The van der Waals surface area contributed by atoms with Gasteiger partial charge in [0.2, 0.25) is 0 Å². The highest BCUT2D eigenvalue weighted by Crippen LogP contribution is 2.26. The van der Waals surface area contributed by atoms with E-state index < -0.39 is 0 Å². The molecule has 7 nitrogen and oxygen atoms in total. The summed E-state index contributed by atoms with van der Waals surface area (Å²) >= 11 is 5.96. The zero-order valence-electron chi connectivity index (χ0n) is 12.3. The number of rotatable bonds is 2. The average Bonchev–Trinajstić information content (AvgIpc) is 2.79. The molecular weight excluding hydrogens is 294 g/mol. The number of aromatic nitrogens is 4. The predicted octanol–water partition coefficient (Wildman–Crippen LogP) is 0.949. The molecule has 8 heteroatoms. The topological polar surface area (TPSA) is 75.5 Å². The quantitative estimate of drug-likeness (QED) is 0.836. The monoisotopic (exact) mass is 311 g/mol. The lowest BCUT2D eigenvalue weighted by Crippen LogP contribution is -2.53. The molecule has 1 aliphatic heterocycles. The molecule has 2 aromatic rings. The molecule has 0 amide bonds. The highest BCUT2D eigenvalue weighted by molar-refractivity contribution is 6.18. The third-order valence-corrected chi connectivity index (χ3v) is 3.88. The second kappa shape index (κ2) is 4.99. The standard InChI is InChI=1S/C13H18ClN5O2/c1-8-15-10(4-11-16-17-12(20)19(8)11)18-6-9(5-14)21-13(2,3)7-18/h4,9H,5-7H2,1-3H3,(H,17,20). The molecule has 1 atom stereocenters. The fraction of sp³-hybridized carbons (Fsp3) is 0.615. The van der Waals surface area contributed by atoms with Gasteiger partial charge >= 0.3 is 5.69 Å². The Hall–Kier alpha value is -1.60. The van der Waals surface area contributed by atoms with Gasteiger partial charge in [-0.2, -0.15) is 5.10 Å². The Bertz CT molecular complexity index is 723. The molecule has 0 radical (unpaired) electrons. The second-order valence-corrected chi connectivity index (χ2v) is 6.23. The number of alkyl halides is 1. The molecule has 114 valence electrons. The number of nitrogens with zero attached hydrogens (tertiary/aromatic N) is 4. The Morgan fingerprint density at radius 3 is 3.05 bits per heavy atom. The highest BCUT2D eigenvalue weighted by Gasteiger charge is 2.33. The average molecular weight is 312 g/mol. The molecule has 0 bridgehead atoms. The summed E-state index contributed by atoms with van der Waals surface area (Å²) in [5.74, 6) is 1.82. The van der Waals surface area contributed by atoms with Gasteiger partial charge in [0.25, 0.3) is 0 Å². The number of morpholine rings is 1. The van der Waals surface area contributed by atoms with Crippen molar-refractivity contribution in [3.05, 3.63) is 22.4 Å². The van der Waals surface area contributed by atoms with Gasteiger partial charge in [-0.1, -0.05) is 0 Å². The number of halogens is 1. The zero-order chi connectivity index (χ0) is 15.2. The fourth-order valence-electron chi connectivity index (χ4n) is 2.79. The summed E-state index contributed by atoms with van der Waals surface area (Å²) in [7, 11) is 0. The van der Waals surface area contributed by atoms with Gasteiger partial charge in [0.05, 0.1) is 17.6 Å². The lowest BCUT2D eigenvalue weighted by atomic mass is 10.1. The van der Waals surface area contributed by atoms with E-state index in [-0.39, 0.29) is 17.4 Å². The van der Waals surface area contributed by atoms with Crippen molar-refractivity contribution in [1.29, 1.82) is 0 Å². The second-order valence-electron chi connectivity index (χ2n) is 5.92. The van der Waals surface area contributed by atoms with Crippen molar-refractivity contribution < 1.29 is 4.74 Å². The van der Waals surface area contributed by atoms with Gasteiger partial charge < -0.3 is 9.64 Å². The van der Waals surface area contributed by atoms with Crippen LogP contribution in [0.15, 0.2) is 10.9 Å². The molecule has 2 aromatic heterocycles. The van der Waals surface area contributed by atoms with Crippen LogP contribution < -0.4 is 10.6 Å². The van der Waals surface area contributed by atoms with Crippen LogP contribution in [0.1, 0.15) is 19.7 Å². The van der Waals surface area contributed by atoms with Crippen LogP contribution in [0.4, 0.5) is 5.82 Å². The van der Waals surface area contributed by atoms with Gasteiger partial charge in [-0.25, -0.2) is 19.3 Å². The fourth-order valence-corrected chi connectivity index (χ4v) is 2.96. The van der Waals surface area contributed by atoms with E-state index in [2.05, 4.69) is 20.1 Å². The maximum absolute atomic E-state index is 11.6. The Kier molecular flexibility index (Phi) is 3.41. The van der Waals surface area contributed by atoms with Crippen LogP contribution in [-0.2, 0) is 4.74 Å². The summed E-state index contributed by atoms with van der Waals surface area (Å²) in [5, 5.41) is 6.45. The number of anilines is 1. The maximum atomic E-state index is 11.6. The van der Waals surface area contributed by atoms with Crippen molar-refractivity contribution in [2.24, 2.45) is 0 Å². The zero-order valence-corrected chi connectivity index (χ0v) is 13.0. The number of hydrogen-bond donors (Lipinski definition) is 1. The van der Waals surface area contributed by atoms with Crippen LogP contribution in [0.25, 0.3) is 5.65 Å². The van der Waals surface area contributed by atoms with Gasteiger partial charge in [-0.05, 0) is 20.8 Å². The number of aromatic amines is 1. The lowest BCUT2D eigenvalue weighted by Gasteiger charge is -2.42. The number of fused-ring (bicyclic) bond motifs is 1. The van der Waals surface area contributed by atoms with Crippen LogP contribution >= 0.6 is 11.6 Å². The van der Waals surface area contributed by atoms with Crippen molar-refractivity contribution in [1.82, 2.24) is 19.6 Å². The van der Waals surface area contributed by atoms with E-state index in [1.54, 1.807) is 13.0 Å². The number of H-pyrrole nitrogens is 1. The first-order chi connectivity index (χ1) is 9.89. The number of nitrogens with one attached hydrogen (secondary N) is 1. The summed E-state index contributed by atoms with van der Waals surface area (Å²) in [4.78, 5) is 18.3. The molecule has 0 saturated carbocycles. The van der Waals surface area contributed by atoms with Crippen LogP contribution in [-0.4, -0.2) is 50.3 Å². The van der Waals surface area contributed by atoms with Gasteiger partial charge in [-0.15, -0.1) is 11.6 Å². The Morgan fingerprint density at radius 1 is 1.57 bits per heavy atom. The number of hydrogen-bond acceptors (Lipinski definition) is 5. The van der Waals surface area contributed by atoms with Gasteiger partial charge in [0.15, 0.2) is 5.65 Å². The first kappa shape index (κ1) is 14.3. The minimum Gasteiger partial charge on any atom is -0.367 e. The summed E-state index contributed by atoms with van der Waals surface area (Å²) in [6.45, 7) is 7.23. The van der Waals surface area contributed by atoms with Crippen LogP contribution in [0.5, 0.6) is 0 Å². The van der Waals surface area contributed by atoms with Crippen LogP contribution in [0.3, 0.4) is 0 Å². The molecule has 1 saturated heterocycles. The van der Waals surface area contributed by atoms with Crippen molar-refractivity contribution in [2.75, 3.05) is 23.9 Å². The molecule has 1 N–H and O–H groups in total. The lowest BCUT2D eigenvalue weighted by molar-refractivity contribution is -0.0736. The number of aryl methyl sites for hydroxylation is 1. The van der Waals surface area contributed by atoms with Crippen molar-refractivity contribution in [3.63, 3.8) is 0 Å². The van der Waals surface area contributed by atoms with E-state index in [1.165, 1.54) is 4.40 Å². The van der Waals surface area contributed by atoms with Gasteiger partial charge in [-0.3, -0.25) is 0 Å². The van der Waals surface area contributed by atoms with Gasteiger partial charge in [0.1, 0.15) is 11.6 Å². The Labute approximate surface area is 126 Å². The molecular formula is C13H18ClN5O2. The van der Waals surface area contributed by atoms with Crippen LogP contribution in [0, 0.1) is 6.92 Å². The third kappa shape index (κ3) is 2.63. The molecule has 0 aliphatic carbocycles. The molecule has 1 unspecified atom stereocenters. The summed E-state index contributed by atoms with van der Waals surface area (Å²) < 4.78 is 7.37. The predicted molar refractivity (Wildman–Crippen MR) is 80.2 cm³/mol. The van der Waals surface area contributed by atoms with Crippen LogP contribution in [0.2, 0.25) is 0 Å². The molecule has 0 aromatic carbocycles. The van der Waals surface area contributed by atoms with E-state index >= 15 is 0 Å². The summed E-state index contributed by atoms with van der Waals surface area (Å²) in [6, 6.07) is 1.80. The first-order valence-corrected chi connectivity index (χ1v) is 7.36. The molecule has 0 spiro atoms. The van der Waals surface area contributed by atoms with Crippen molar-refractivity contribution in [3.8, 4) is 0 Å². The van der Waals surface area contributed by atoms with Crippen molar-refractivity contribution >= 4 is 23.1 Å². The highest BCUT2D eigenvalue weighted by atomic mass is 35.5. The third-order valence-electron chi connectivity index (χ3n) is 3.53. The maximum Gasteiger partial charge on any atom is 0.349 e. The van der Waals surface area contributed by atoms with E-state index in [0.29, 0.717) is 30.4 Å².